The first-order chi connectivity index (χ1) is 10.3. The van der Waals surface area contributed by atoms with Crippen LogP contribution in [0.1, 0.15) is 0 Å². The van der Waals surface area contributed by atoms with Crippen LogP contribution in [0.2, 0.25) is 0 Å². The predicted molar refractivity (Wildman–Crippen MR) is 87.9 cm³/mol. The van der Waals surface area contributed by atoms with Gasteiger partial charge in [0.25, 0.3) is 0 Å². The van der Waals surface area contributed by atoms with E-state index in [1.54, 1.807) is 6.33 Å². The predicted octanol–water partition coefficient (Wildman–Crippen LogP) is 4.39. The summed E-state index contributed by atoms with van der Waals surface area (Å²) in [6.07, 6.45) is 1.79. The highest BCUT2D eigenvalue weighted by atomic mass is 79.9. The molecule has 0 unspecified atom stereocenters. The summed E-state index contributed by atoms with van der Waals surface area (Å²) in [4.78, 5) is 9.07. The van der Waals surface area contributed by atoms with Crippen LogP contribution in [0.4, 0.5) is 11.5 Å². The number of nitrogens with zero attached hydrogens (tertiary/aromatic N) is 3. The summed E-state index contributed by atoms with van der Waals surface area (Å²) in [6, 6.07) is 18.0. The van der Waals surface area contributed by atoms with Crippen LogP contribution in [0.25, 0.3) is 16.7 Å². The topological polar surface area (TPSA) is 42.2 Å². The molecule has 0 saturated carbocycles. The van der Waals surface area contributed by atoms with Gasteiger partial charge in [-0.15, -0.1) is 0 Å². The zero-order chi connectivity index (χ0) is 14.2. The average molecular weight is 339 g/mol. The standard InChI is InChI=1S/C16H11BrN4/c17-11-6-7-13-14(8-11)21-10-18-15(9-16(21)20-13)19-12-4-2-1-3-5-12/h1-10,19H. The van der Waals surface area contributed by atoms with Crippen molar-refractivity contribution in [2.24, 2.45) is 0 Å². The molecular weight excluding hydrogens is 328 g/mol. The van der Waals surface area contributed by atoms with Crippen molar-refractivity contribution in [3.8, 4) is 0 Å². The van der Waals surface area contributed by atoms with E-state index in [0.717, 1.165) is 32.7 Å². The van der Waals surface area contributed by atoms with Gasteiger partial charge in [0.1, 0.15) is 17.8 Å². The molecule has 4 nitrogen and oxygen atoms in total. The first kappa shape index (κ1) is 12.3. The molecular formula is C16H11BrN4. The number of benzene rings is 2. The SMILES string of the molecule is Brc1ccc2nc3cc(Nc4ccccc4)ncn3c2c1. The molecule has 102 valence electrons. The van der Waals surface area contributed by atoms with Crippen LogP contribution < -0.4 is 5.32 Å². The van der Waals surface area contributed by atoms with Gasteiger partial charge in [-0.25, -0.2) is 9.97 Å². The number of rotatable bonds is 2. The van der Waals surface area contributed by atoms with E-state index < -0.39 is 0 Å². The van der Waals surface area contributed by atoms with Crippen molar-refractivity contribution in [2.75, 3.05) is 5.32 Å². The molecule has 0 bridgehead atoms. The van der Waals surface area contributed by atoms with Gasteiger partial charge in [-0.3, -0.25) is 4.40 Å². The third-order valence-electron chi connectivity index (χ3n) is 3.30. The largest absolute Gasteiger partial charge is 0.340 e. The molecule has 2 heterocycles. The molecule has 2 aromatic heterocycles. The zero-order valence-electron chi connectivity index (χ0n) is 11.0. The number of hydrogen-bond acceptors (Lipinski definition) is 3. The maximum absolute atomic E-state index is 4.62. The molecule has 0 amide bonds. The summed E-state index contributed by atoms with van der Waals surface area (Å²) < 4.78 is 3.01. The Hall–Kier alpha value is -2.40. The number of aromatic nitrogens is 3. The Morgan fingerprint density at radius 3 is 2.71 bits per heavy atom. The van der Waals surface area contributed by atoms with Crippen LogP contribution in [0.15, 0.2) is 65.4 Å². The molecule has 21 heavy (non-hydrogen) atoms. The van der Waals surface area contributed by atoms with Gasteiger partial charge in [0.05, 0.1) is 11.0 Å². The third-order valence-corrected chi connectivity index (χ3v) is 3.80. The number of halogens is 1. The molecule has 0 fully saturated rings. The Balaban J connectivity index is 1.81. The van der Waals surface area contributed by atoms with Gasteiger partial charge in [0.15, 0.2) is 0 Å². The fourth-order valence-corrected chi connectivity index (χ4v) is 2.67. The second kappa shape index (κ2) is 4.86. The number of hydrogen-bond donors (Lipinski definition) is 1. The highest BCUT2D eigenvalue weighted by Crippen LogP contribution is 2.22. The van der Waals surface area contributed by atoms with Gasteiger partial charge in [0, 0.05) is 16.2 Å². The second-order valence-corrected chi connectivity index (χ2v) is 5.65. The number of imidazole rings is 1. The monoisotopic (exact) mass is 338 g/mol. The quantitative estimate of drug-likeness (QED) is 0.589. The van der Waals surface area contributed by atoms with E-state index in [-0.39, 0.29) is 0 Å². The molecule has 5 heteroatoms. The van der Waals surface area contributed by atoms with Gasteiger partial charge < -0.3 is 5.32 Å². The Bertz CT molecular complexity index is 931. The maximum atomic E-state index is 4.62. The molecule has 0 saturated heterocycles. The van der Waals surface area contributed by atoms with Gasteiger partial charge in [-0.05, 0) is 30.3 Å². The number of fused-ring (bicyclic) bond motifs is 3. The summed E-state index contributed by atoms with van der Waals surface area (Å²) in [5.41, 5.74) is 3.87. The fourth-order valence-electron chi connectivity index (χ4n) is 2.33. The lowest BCUT2D eigenvalue weighted by Crippen LogP contribution is -1.95. The molecule has 0 atom stereocenters. The molecule has 0 radical (unpaired) electrons. The van der Waals surface area contributed by atoms with Crippen molar-refractivity contribution in [2.45, 2.75) is 0 Å². The summed E-state index contributed by atoms with van der Waals surface area (Å²) in [7, 11) is 0. The molecule has 2 aromatic carbocycles. The van der Waals surface area contributed by atoms with E-state index >= 15 is 0 Å². The van der Waals surface area contributed by atoms with E-state index in [2.05, 4.69) is 31.2 Å². The number of nitrogens with one attached hydrogen (secondary N) is 1. The lowest BCUT2D eigenvalue weighted by Gasteiger charge is -2.05. The highest BCUT2D eigenvalue weighted by molar-refractivity contribution is 9.10. The zero-order valence-corrected chi connectivity index (χ0v) is 12.6. The van der Waals surface area contributed by atoms with Crippen molar-refractivity contribution < 1.29 is 0 Å². The first-order valence-corrected chi connectivity index (χ1v) is 7.34. The minimum Gasteiger partial charge on any atom is -0.340 e. The summed E-state index contributed by atoms with van der Waals surface area (Å²) in [5, 5.41) is 3.28. The van der Waals surface area contributed by atoms with Gasteiger partial charge in [-0.1, -0.05) is 34.1 Å². The van der Waals surface area contributed by atoms with Crippen LogP contribution in [0.5, 0.6) is 0 Å². The summed E-state index contributed by atoms with van der Waals surface area (Å²) in [5.74, 6) is 0.781. The highest BCUT2D eigenvalue weighted by Gasteiger charge is 2.06. The van der Waals surface area contributed by atoms with E-state index in [0.29, 0.717) is 0 Å². The van der Waals surface area contributed by atoms with Crippen molar-refractivity contribution >= 4 is 44.1 Å². The maximum Gasteiger partial charge on any atom is 0.142 e. The normalized spacial score (nSPS) is 11.1. The van der Waals surface area contributed by atoms with Crippen molar-refractivity contribution in [1.82, 2.24) is 14.4 Å². The number of anilines is 2. The molecule has 0 aliphatic heterocycles. The Morgan fingerprint density at radius 1 is 1.00 bits per heavy atom. The van der Waals surface area contributed by atoms with Crippen LogP contribution >= 0.6 is 15.9 Å². The molecule has 4 rings (SSSR count). The van der Waals surface area contributed by atoms with Crippen molar-refractivity contribution in [3.63, 3.8) is 0 Å². The Labute approximate surface area is 129 Å². The van der Waals surface area contributed by atoms with E-state index in [1.165, 1.54) is 0 Å². The molecule has 4 aromatic rings. The third kappa shape index (κ3) is 2.25. The van der Waals surface area contributed by atoms with Crippen LogP contribution in [-0.4, -0.2) is 14.4 Å². The van der Waals surface area contributed by atoms with Crippen LogP contribution in [-0.2, 0) is 0 Å². The van der Waals surface area contributed by atoms with Gasteiger partial charge in [0.2, 0.25) is 0 Å². The second-order valence-electron chi connectivity index (χ2n) is 4.74. The smallest absolute Gasteiger partial charge is 0.142 e. The van der Waals surface area contributed by atoms with Crippen LogP contribution in [0, 0.1) is 0 Å². The Kier molecular flexibility index (Phi) is 2.86. The molecule has 0 spiro atoms. The Morgan fingerprint density at radius 2 is 1.86 bits per heavy atom. The van der Waals surface area contributed by atoms with Crippen molar-refractivity contribution in [3.05, 3.63) is 65.4 Å². The summed E-state index contributed by atoms with van der Waals surface area (Å²) in [6.45, 7) is 0. The first-order valence-electron chi connectivity index (χ1n) is 6.55. The molecule has 1 N–H and O–H groups in total. The van der Waals surface area contributed by atoms with Gasteiger partial charge in [-0.2, -0.15) is 0 Å². The summed E-state index contributed by atoms with van der Waals surface area (Å²) >= 11 is 3.49. The average Bonchev–Trinajstić information content (AvgIpc) is 2.85. The fraction of sp³-hybridized carbons (Fsp3) is 0. The van der Waals surface area contributed by atoms with E-state index in [9.17, 15) is 0 Å². The van der Waals surface area contributed by atoms with Crippen molar-refractivity contribution in [1.29, 1.82) is 0 Å². The molecule has 0 aliphatic rings. The lowest BCUT2D eigenvalue weighted by atomic mass is 10.3. The lowest BCUT2D eigenvalue weighted by molar-refractivity contribution is 1.11. The van der Waals surface area contributed by atoms with Crippen LogP contribution in [0.3, 0.4) is 0 Å². The van der Waals surface area contributed by atoms with Gasteiger partial charge >= 0.3 is 0 Å². The van der Waals surface area contributed by atoms with E-state index in [4.69, 9.17) is 0 Å². The number of para-hydroxylation sites is 1. The molecule has 0 aliphatic carbocycles. The minimum atomic E-state index is 0.781. The minimum absolute atomic E-state index is 0.781. The van der Waals surface area contributed by atoms with E-state index in [1.807, 2.05) is 59.0 Å².